The highest BCUT2D eigenvalue weighted by Crippen LogP contribution is 2.30. The lowest BCUT2D eigenvalue weighted by atomic mass is 10.1. The van der Waals surface area contributed by atoms with Crippen LogP contribution in [0.5, 0.6) is 5.88 Å². The Kier molecular flexibility index (Phi) is 3.69. The first-order chi connectivity index (χ1) is 8.97. The highest BCUT2D eigenvalue weighted by Gasteiger charge is 2.31. The van der Waals surface area contributed by atoms with Crippen LogP contribution in [0.25, 0.3) is 0 Å². The molecule has 0 aliphatic heterocycles. The van der Waals surface area contributed by atoms with Crippen LogP contribution in [0.1, 0.15) is 11.1 Å². The van der Waals surface area contributed by atoms with E-state index in [0.29, 0.717) is 6.07 Å². The Morgan fingerprint density at radius 1 is 1.11 bits per heavy atom. The predicted molar refractivity (Wildman–Crippen MR) is 60.0 cm³/mol. The average Bonchev–Trinajstić information content (AvgIpc) is 2.37. The van der Waals surface area contributed by atoms with E-state index >= 15 is 0 Å². The molecule has 0 N–H and O–H groups in total. The molecule has 1 aromatic carbocycles. The molecule has 19 heavy (non-hydrogen) atoms. The van der Waals surface area contributed by atoms with Crippen LogP contribution in [0, 0.1) is 5.82 Å². The largest absolute Gasteiger partial charge is 0.473 e. The third-order valence-electron chi connectivity index (χ3n) is 2.39. The van der Waals surface area contributed by atoms with Crippen LogP contribution in [-0.2, 0) is 12.8 Å². The van der Waals surface area contributed by atoms with Gasteiger partial charge in [0, 0.05) is 17.8 Å². The van der Waals surface area contributed by atoms with Gasteiger partial charge in [0.05, 0.1) is 5.56 Å². The Labute approximate surface area is 106 Å². The van der Waals surface area contributed by atoms with Gasteiger partial charge in [-0.2, -0.15) is 13.2 Å². The van der Waals surface area contributed by atoms with E-state index in [1.807, 2.05) is 0 Å². The summed E-state index contributed by atoms with van der Waals surface area (Å²) < 4.78 is 55.7. The molecule has 0 aliphatic rings. The fourth-order valence-corrected chi connectivity index (χ4v) is 1.42. The number of pyridine rings is 1. The number of ether oxygens (including phenoxy) is 1. The Morgan fingerprint density at radius 3 is 2.47 bits per heavy atom. The molecule has 6 heteroatoms. The maximum atomic E-state index is 13.5. The SMILES string of the molecule is Fc1cc(C(F)(F)F)ccc1COc1ccccn1. The minimum atomic E-state index is -4.55. The first-order valence-corrected chi connectivity index (χ1v) is 5.36. The molecule has 0 unspecified atom stereocenters. The van der Waals surface area contributed by atoms with Crippen LogP contribution in [0.4, 0.5) is 17.6 Å². The molecule has 0 saturated carbocycles. The molecule has 0 spiro atoms. The Morgan fingerprint density at radius 2 is 1.89 bits per heavy atom. The first kappa shape index (κ1) is 13.3. The number of hydrogen-bond donors (Lipinski definition) is 0. The molecule has 0 saturated heterocycles. The smallest absolute Gasteiger partial charge is 0.416 e. The topological polar surface area (TPSA) is 22.1 Å². The van der Waals surface area contributed by atoms with E-state index in [1.54, 1.807) is 18.2 Å². The molecule has 0 aliphatic carbocycles. The molecule has 2 aromatic rings. The summed E-state index contributed by atoms with van der Waals surface area (Å²) in [6, 6.07) is 7.28. The van der Waals surface area contributed by atoms with Crippen molar-refractivity contribution < 1.29 is 22.3 Å². The summed E-state index contributed by atoms with van der Waals surface area (Å²) in [5.41, 5.74) is -0.981. The molecule has 1 heterocycles. The minimum absolute atomic E-state index is 0.0404. The fourth-order valence-electron chi connectivity index (χ4n) is 1.42. The zero-order valence-corrected chi connectivity index (χ0v) is 9.62. The minimum Gasteiger partial charge on any atom is -0.473 e. The molecule has 100 valence electrons. The fraction of sp³-hybridized carbons (Fsp3) is 0.154. The molecule has 0 fully saturated rings. The number of alkyl halides is 3. The van der Waals surface area contributed by atoms with Crippen molar-refractivity contribution in [3.8, 4) is 5.88 Å². The van der Waals surface area contributed by atoms with Crippen molar-refractivity contribution in [1.29, 1.82) is 0 Å². The predicted octanol–water partition coefficient (Wildman–Crippen LogP) is 3.82. The van der Waals surface area contributed by atoms with Crippen LogP contribution < -0.4 is 4.74 Å². The second kappa shape index (κ2) is 5.26. The summed E-state index contributed by atoms with van der Waals surface area (Å²) in [6.07, 6.45) is -3.06. The first-order valence-electron chi connectivity index (χ1n) is 5.36. The molecule has 2 nitrogen and oxygen atoms in total. The molecular weight excluding hydrogens is 262 g/mol. The van der Waals surface area contributed by atoms with Crippen molar-refractivity contribution in [2.45, 2.75) is 12.8 Å². The van der Waals surface area contributed by atoms with Crippen LogP contribution in [0.3, 0.4) is 0 Å². The van der Waals surface area contributed by atoms with Gasteiger partial charge in [-0.05, 0) is 18.2 Å². The number of nitrogens with zero attached hydrogens (tertiary/aromatic N) is 1. The molecule has 1 aromatic heterocycles. The van der Waals surface area contributed by atoms with E-state index in [2.05, 4.69) is 4.98 Å². The van der Waals surface area contributed by atoms with E-state index in [-0.39, 0.29) is 18.1 Å². The van der Waals surface area contributed by atoms with Crippen molar-refractivity contribution in [1.82, 2.24) is 4.98 Å². The monoisotopic (exact) mass is 271 g/mol. The summed E-state index contributed by atoms with van der Waals surface area (Å²) >= 11 is 0. The lowest BCUT2D eigenvalue weighted by Gasteiger charge is -2.09. The summed E-state index contributed by atoms with van der Waals surface area (Å²) in [5.74, 6) is -0.674. The summed E-state index contributed by atoms with van der Waals surface area (Å²) in [6.45, 7) is -0.180. The quantitative estimate of drug-likeness (QED) is 0.792. The Balaban J connectivity index is 2.10. The van der Waals surface area contributed by atoms with Gasteiger partial charge in [-0.25, -0.2) is 9.37 Å². The number of benzene rings is 1. The van der Waals surface area contributed by atoms with Crippen molar-refractivity contribution in [2.24, 2.45) is 0 Å². The van der Waals surface area contributed by atoms with Gasteiger partial charge >= 0.3 is 6.18 Å². The third-order valence-corrected chi connectivity index (χ3v) is 2.39. The highest BCUT2D eigenvalue weighted by atomic mass is 19.4. The van der Waals surface area contributed by atoms with Gasteiger partial charge in [0.1, 0.15) is 12.4 Å². The molecular formula is C13H9F4NO. The zero-order chi connectivity index (χ0) is 13.9. The van der Waals surface area contributed by atoms with Crippen LogP contribution in [-0.4, -0.2) is 4.98 Å². The van der Waals surface area contributed by atoms with Gasteiger partial charge in [-0.1, -0.05) is 12.1 Å². The van der Waals surface area contributed by atoms with Crippen molar-refractivity contribution in [2.75, 3.05) is 0 Å². The van der Waals surface area contributed by atoms with Gasteiger partial charge < -0.3 is 4.74 Å². The van der Waals surface area contributed by atoms with E-state index in [1.165, 1.54) is 6.20 Å². The molecule has 0 atom stereocenters. The van der Waals surface area contributed by atoms with Crippen LogP contribution >= 0.6 is 0 Å². The van der Waals surface area contributed by atoms with Crippen molar-refractivity contribution in [3.63, 3.8) is 0 Å². The molecule has 0 bridgehead atoms. The maximum Gasteiger partial charge on any atom is 0.416 e. The zero-order valence-electron chi connectivity index (χ0n) is 9.62. The van der Waals surface area contributed by atoms with E-state index in [4.69, 9.17) is 4.74 Å². The van der Waals surface area contributed by atoms with Gasteiger partial charge in [0.25, 0.3) is 0 Å². The Hall–Kier alpha value is -2.11. The standard InChI is InChI=1S/C13H9F4NO/c14-11-7-10(13(15,16)17)5-4-9(11)8-19-12-3-1-2-6-18-12/h1-7H,8H2. The highest BCUT2D eigenvalue weighted by molar-refractivity contribution is 5.26. The second-order valence-electron chi connectivity index (χ2n) is 3.76. The summed E-state index contributed by atoms with van der Waals surface area (Å²) in [5, 5.41) is 0. The van der Waals surface area contributed by atoms with E-state index in [9.17, 15) is 17.6 Å². The van der Waals surface area contributed by atoms with Gasteiger partial charge in [-0.15, -0.1) is 0 Å². The van der Waals surface area contributed by atoms with E-state index < -0.39 is 17.6 Å². The number of hydrogen-bond acceptors (Lipinski definition) is 2. The Bertz CT molecular complexity index is 554. The van der Waals surface area contributed by atoms with Crippen LogP contribution in [0.15, 0.2) is 42.6 Å². The number of halogens is 4. The third kappa shape index (κ3) is 3.43. The van der Waals surface area contributed by atoms with E-state index in [0.717, 1.165) is 12.1 Å². The lowest BCUT2D eigenvalue weighted by molar-refractivity contribution is -0.137. The summed E-state index contributed by atoms with van der Waals surface area (Å²) in [7, 11) is 0. The number of rotatable bonds is 3. The molecule has 0 radical (unpaired) electrons. The van der Waals surface area contributed by atoms with Gasteiger partial charge in [0.15, 0.2) is 0 Å². The van der Waals surface area contributed by atoms with Gasteiger partial charge in [0.2, 0.25) is 5.88 Å². The number of aromatic nitrogens is 1. The maximum absolute atomic E-state index is 13.5. The van der Waals surface area contributed by atoms with Crippen LogP contribution in [0.2, 0.25) is 0 Å². The average molecular weight is 271 g/mol. The van der Waals surface area contributed by atoms with Crippen molar-refractivity contribution in [3.05, 3.63) is 59.5 Å². The molecule has 0 amide bonds. The normalized spacial score (nSPS) is 11.4. The van der Waals surface area contributed by atoms with Crippen molar-refractivity contribution >= 4 is 0 Å². The molecule has 2 rings (SSSR count). The second-order valence-corrected chi connectivity index (χ2v) is 3.76. The lowest BCUT2D eigenvalue weighted by Crippen LogP contribution is -2.07. The summed E-state index contributed by atoms with van der Waals surface area (Å²) in [4.78, 5) is 3.86. The van der Waals surface area contributed by atoms with Gasteiger partial charge in [-0.3, -0.25) is 0 Å².